The van der Waals surface area contributed by atoms with E-state index in [1.165, 1.54) is 32.1 Å². The zero-order chi connectivity index (χ0) is 23.6. The second-order valence-corrected chi connectivity index (χ2v) is 9.19. The highest BCUT2D eigenvalue weighted by molar-refractivity contribution is 5.96. The van der Waals surface area contributed by atoms with Crippen molar-refractivity contribution in [1.29, 1.82) is 0 Å². The van der Waals surface area contributed by atoms with E-state index in [0.29, 0.717) is 17.4 Å². The minimum atomic E-state index is -0.365. The molecule has 1 aliphatic carbocycles. The maximum absolute atomic E-state index is 12.8. The molecule has 0 atom stereocenters. The average molecular weight is 462 g/mol. The van der Waals surface area contributed by atoms with Gasteiger partial charge in [0, 0.05) is 17.8 Å². The highest BCUT2D eigenvalue weighted by Gasteiger charge is 2.20. The van der Waals surface area contributed by atoms with Crippen molar-refractivity contribution in [1.82, 2.24) is 9.38 Å². The highest BCUT2D eigenvalue weighted by atomic mass is 16.5. The summed E-state index contributed by atoms with van der Waals surface area (Å²) in [6, 6.07) is 27.7. The molecule has 3 aromatic carbocycles. The summed E-state index contributed by atoms with van der Waals surface area (Å²) in [6.07, 6.45) is 8.27. The number of carbonyl (C=O) groups is 1. The molecule has 5 aromatic rings. The summed E-state index contributed by atoms with van der Waals surface area (Å²) in [5.41, 5.74) is 3.34. The minimum absolute atomic E-state index is 0.365. The van der Waals surface area contributed by atoms with Crippen LogP contribution in [0, 0.1) is 0 Å². The van der Waals surface area contributed by atoms with Crippen molar-refractivity contribution in [3.8, 4) is 17.0 Å². The highest BCUT2D eigenvalue weighted by Crippen LogP contribution is 2.32. The maximum atomic E-state index is 12.8. The number of imidazole rings is 1. The molecule has 1 N–H and O–H groups in total. The summed E-state index contributed by atoms with van der Waals surface area (Å²) in [5, 5.41) is 5.88. The molecule has 6 rings (SSSR count). The number of ether oxygens (including phenoxy) is 1. The molecule has 2 heterocycles. The van der Waals surface area contributed by atoms with Gasteiger partial charge in [-0.15, -0.1) is 0 Å². The van der Waals surface area contributed by atoms with Crippen LogP contribution in [0.3, 0.4) is 0 Å². The molecule has 0 bridgehead atoms. The number of pyridine rings is 1. The van der Waals surface area contributed by atoms with Crippen LogP contribution in [0.2, 0.25) is 0 Å². The van der Waals surface area contributed by atoms with Crippen molar-refractivity contribution in [2.24, 2.45) is 0 Å². The van der Waals surface area contributed by atoms with Crippen LogP contribution in [-0.2, 0) is 0 Å². The molecule has 1 aliphatic rings. The number of rotatable bonds is 5. The van der Waals surface area contributed by atoms with Crippen molar-refractivity contribution in [2.75, 3.05) is 5.32 Å². The molecule has 0 saturated heterocycles. The molecule has 0 aliphatic heterocycles. The summed E-state index contributed by atoms with van der Waals surface area (Å²) in [7, 11) is 0. The van der Waals surface area contributed by atoms with Gasteiger partial charge in [0.25, 0.3) is 0 Å². The van der Waals surface area contributed by atoms with Gasteiger partial charge in [0.2, 0.25) is 0 Å². The third kappa shape index (κ3) is 4.37. The molecule has 5 nitrogen and oxygen atoms in total. The summed E-state index contributed by atoms with van der Waals surface area (Å²) >= 11 is 0. The normalized spacial score (nSPS) is 14.3. The number of carbonyl (C=O) groups excluding carboxylic acids is 1. The number of esters is 1. The molecule has 1 fully saturated rings. The first kappa shape index (κ1) is 21.4. The van der Waals surface area contributed by atoms with Gasteiger partial charge in [0.05, 0.1) is 5.56 Å². The van der Waals surface area contributed by atoms with Gasteiger partial charge in [-0.25, -0.2) is 9.78 Å². The molecule has 2 aromatic heterocycles. The molecule has 5 heteroatoms. The molecule has 174 valence electrons. The molecule has 0 amide bonds. The summed E-state index contributed by atoms with van der Waals surface area (Å²) in [4.78, 5) is 17.7. The number of nitrogens with zero attached hydrogens (tertiary/aromatic N) is 2. The van der Waals surface area contributed by atoms with E-state index < -0.39 is 0 Å². The first-order valence-electron chi connectivity index (χ1n) is 12.3. The first-order chi connectivity index (χ1) is 17.2. The Hall–Kier alpha value is -4.12. The van der Waals surface area contributed by atoms with Crippen molar-refractivity contribution in [3.05, 3.63) is 96.7 Å². The Kier molecular flexibility index (Phi) is 5.67. The monoisotopic (exact) mass is 461 g/mol. The van der Waals surface area contributed by atoms with E-state index in [9.17, 15) is 4.79 Å². The number of hydrogen-bond donors (Lipinski definition) is 1. The standard InChI is InChI=1S/C30H27N3O2/c34-30(24-14-13-21-8-4-5-9-23(21)20-24)35-26-17-15-22(16-18-26)28-29(31-25-10-2-1-3-11-25)33-19-7-6-12-27(33)32-28/h4-9,12-20,25,31H,1-3,10-11H2. The first-order valence-corrected chi connectivity index (χ1v) is 12.3. The van der Waals surface area contributed by atoms with Gasteiger partial charge >= 0.3 is 5.97 Å². The van der Waals surface area contributed by atoms with Crippen LogP contribution >= 0.6 is 0 Å². The lowest BCUT2D eigenvalue weighted by Gasteiger charge is -2.24. The third-order valence-electron chi connectivity index (χ3n) is 6.80. The van der Waals surface area contributed by atoms with E-state index in [2.05, 4.69) is 15.9 Å². The predicted molar refractivity (Wildman–Crippen MR) is 140 cm³/mol. The van der Waals surface area contributed by atoms with Gasteiger partial charge in [0.15, 0.2) is 0 Å². The van der Waals surface area contributed by atoms with Gasteiger partial charge in [0.1, 0.15) is 22.9 Å². The summed E-state index contributed by atoms with van der Waals surface area (Å²) in [6.45, 7) is 0. The van der Waals surface area contributed by atoms with Crippen molar-refractivity contribution >= 4 is 28.2 Å². The molecular formula is C30H27N3O2. The fraction of sp³-hybridized carbons (Fsp3) is 0.200. The molecule has 0 unspecified atom stereocenters. The third-order valence-corrected chi connectivity index (χ3v) is 6.80. The van der Waals surface area contributed by atoms with E-state index in [1.54, 1.807) is 6.07 Å². The largest absolute Gasteiger partial charge is 0.423 e. The van der Waals surface area contributed by atoms with Crippen LogP contribution < -0.4 is 10.1 Å². The van der Waals surface area contributed by atoms with Crippen molar-refractivity contribution < 1.29 is 9.53 Å². The van der Waals surface area contributed by atoms with E-state index in [4.69, 9.17) is 9.72 Å². The van der Waals surface area contributed by atoms with Gasteiger partial charge in [-0.05, 0) is 72.1 Å². The molecule has 0 radical (unpaired) electrons. The Morgan fingerprint density at radius 1 is 0.857 bits per heavy atom. The smallest absolute Gasteiger partial charge is 0.343 e. The zero-order valence-corrected chi connectivity index (χ0v) is 19.5. The molecule has 35 heavy (non-hydrogen) atoms. The number of fused-ring (bicyclic) bond motifs is 2. The molecular weight excluding hydrogens is 434 g/mol. The quantitative estimate of drug-likeness (QED) is 0.224. The van der Waals surface area contributed by atoms with Gasteiger partial charge < -0.3 is 10.1 Å². The number of aromatic nitrogens is 2. The number of benzene rings is 3. The van der Waals surface area contributed by atoms with Crippen LogP contribution in [0.1, 0.15) is 42.5 Å². The van der Waals surface area contributed by atoms with E-state index >= 15 is 0 Å². The lowest BCUT2D eigenvalue weighted by Crippen LogP contribution is -2.23. The van der Waals surface area contributed by atoms with Crippen molar-refractivity contribution in [2.45, 2.75) is 38.1 Å². The SMILES string of the molecule is O=C(Oc1ccc(-c2nc3ccccn3c2NC2CCCCC2)cc1)c1ccc2ccccc2c1. The Morgan fingerprint density at radius 3 is 2.46 bits per heavy atom. The second-order valence-electron chi connectivity index (χ2n) is 9.19. The minimum Gasteiger partial charge on any atom is -0.423 e. The fourth-order valence-corrected chi connectivity index (χ4v) is 4.94. The van der Waals surface area contributed by atoms with Crippen LogP contribution in [0.4, 0.5) is 5.82 Å². The lowest BCUT2D eigenvalue weighted by atomic mass is 9.95. The van der Waals surface area contributed by atoms with Crippen LogP contribution in [0.5, 0.6) is 5.75 Å². The molecule has 0 spiro atoms. The molecule has 1 saturated carbocycles. The Balaban J connectivity index is 1.25. The fourth-order valence-electron chi connectivity index (χ4n) is 4.94. The summed E-state index contributed by atoms with van der Waals surface area (Å²) in [5.74, 6) is 1.17. The van der Waals surface area contributed by atoms with Crippen LogP contribution in [0.15, 0.2) is 91.1 Å². The van der Waals surface area contributed by atoms with E-state index in [1.807, 2.05) is 78.9 Å². The Bertz CT molecular complexity index is 1500. The second kappa shape index (κ2) is 9.26. The number of nitrogens with one attached hydrogen (secondary N) is 1. The lowest BCUT2D eigenvalue weighted by molar-refractivity contribution is 0.0735. The van der Waals surface area contributed by atoms with Gasteiger partial charge in [-0.3, -0.25) is 4.40 Å². The summed E-state index contributed by atoms with van der Waals surface area (Å²) < 4.78 is 7.79. The maximum Gasteiger partial charge on any atom is 0.343 e. The average Bonchev–Trinajstić information content (AvgIpc) is 3.27. The van der Waals surface area contributed by atoms with E-state index in [0.717, 1.165) is 33.5 Å². The van der Waals surface area contributed by atoms with Crippen molar-refractivity contribution in [3.63, 3.8) is 0 Å². The van der Waals surface area contributed by atoms with Gasteiger partial charge in [-0.2, -0.15) is 0 Å². The topological polar surface area (TPSA) is 55.6 Å². The Labute approximate surface area is 204 Å². The zero-order valence-electron chi connectivity index (χ0n) is 19.5. The number of hydrogen-bond acceptors (Lipinski definition) is 4. The van der Waals surface area contributed by atoms with Crippen LogP contribution in [0.25, 0.3) is 27.7 Å². The van der Waals surface area contributed by atoms with E-state index in [-0.39, 0.29) is 5.97 Å². The van der Waals surface area contributed by atoms with Crippen LogP contribution in [-0.4, -0.2) is 21.4 Å². The predicted octanol–water partition coefficient (Wildman–Crippen LogP) is 7.12. The Morgan fingerprint density at radius 2 is 1.63 bits per heavy atom. The van der Waals surface area contributed by atoms with Gasteiger partial charge in [-0.1, -0.05) is 55.7 Å². The number of anilines is 1.